The summed E-state index contributed by atoms with van der Waals surface area (Å²) in [6, 6.07) is 0. The van der Waals surface area contributed by atoms with Crippen molar-refractivity contribution in [3.63, 3.8) is 0 Å². The zero-order valence-electron chi connectivity index (χ0n) is 9.70. The van der Waals surface area contributed by atoms with E-state index in [1.807, 2.05) is 0 Å². The second-order valence-electron chi connectivity index (χ2n) is 5.12. The third kappa shape index (κ3) is 2.39. The Bertz CT molecular complexity index is 277. The van der Waals surface area contributed by atoms with Crippen molar-refractivity contribution >= 4 is 11.6 Å². The second kappa shape index (κ2) is 4.33. The fourth-order valence-corrected chi connectivity index (χ4v) is 2.47. The summed E-state index contributed by atoms with van der Waals surface area (Å²) in [5.41, 5.74) is 1.15. The first kappa shape index (κ1) is 10.7. The first-order chi connectivity index (χ1) is 7.16. The van der Waals surface area contributed by atoms with Gasteiger partial charge in [0.15, 0.2) is 0 Å². The summed E-state index contributed by atoms with van der Waals surface area (Å²) in [6.07, 6.45) is 5.67. The predicted octanol–water partition coefficient (Wildman–Crippen LogP) is 2.42. The smallest absolute Gasteiger partial charge is 0.248 e. The van der Waals surface area contributed by atoms with Crippen LogP contribution in [-0.4, -0.2) is 23.2 Å². The van der Waals surface area contributed by atoms with Crippen molar-refractivity contribution in [2.24, 2.45) is 16.9 Å². The largest absolute Gasteiger partial charge is 0.273 e. The van der Waals surface area contributed by atoms with E-state index in [-0.39, 0.29) is 5.91 Å². The standard InChI is InChI=1S/C12H20N2O/c1-9(2)8-14-12(15)7-11(13-14)10-5-3-4-6-10/h9-10H,3-8H2,1-2H3. The minimum absolute atomic E-state index is 0.200. The highest BCUT2D eigenvalue weighted by Gasteiger charge is 2.30. The molecule has 0 saturated heterocycles. The lowest BCUT2D eigenvalue weighted by Gasteiger charge is -2.13. The molecule has 1 saturated carbocycles. The van der Waals surface area contributed by atoms with Gasteiger partial charge in [0.2, 0.25) is 5.91 Å². The monoisotopic (exact) mass is 208 g/mol. The maximum atomic E-state index is 11.7. The van der Waals surface area contributed by atoms with E-state index in [9.17, 15) is 4.79 Å². The van der Waals surface area contributed by atoms with Gasteiger partial charge in [0.1, 0.15) is 0 Å². The lowest BCUT2D eigenvalue weighted by atomic mass is 10.00. The molecule has 15 heavy (non-hydrogen) atoms. The topological polar surface area (TPSA) is 32.7 Å². The van der Waals surface area contributed by atoms with Crippen LogP contribution in [0.4, 0.5) is 0 Å². The van der Waals surface area contributed by atoms with Crippen LogP contribution in [0.1, 0.15) is 46.0 Å². The van der Waals surface area contributed by atoms with E-state index in [1.54, 1.807) is 5.01 Å². The molecule has 0 atom stereocenters. The molecule has 0 spiro atoms. The number of nitrogens with zero attached hydrogens (tertiary/aromatic N) is 2. The Kier molecular flexibility index (Phi) is 3.08. The molecule has 2 aliphatic rings. The van der Waals surface area contributed by atoms with Gasteiger partial charge in [-0.3, -0.25) is 4.79 Å². The van der Waals surface area contributed by atoms with Crippen molar-refractivity contribution in [3.05, 3.63) is 0 Å². The summed E-state index contributed by atoms with van der Waals surface area (Å²) in [5.74, 6) is 1.30. The Hall–Kier alpha value is -0.860. The van der Waals surface area contributed by atoms with Gasteiger partial charge >= 0.3 is 0 Å². The van der Waals surface area contributed by atoms with E-state index in [4.69, 9.17) is 0 Å². The zero-order valence-corrected chi connectivity index (χ0v) is 9.70. The van der Waals surface area contributed by atoms with Crippen molar-refractivity contribution in [2.45, 2.75) is 46.0 Å². The lowest BCUT2D eigenvalue weighted by molar-refractivity contribution is -0.129. The molecule has 0 aromatic heterocycles. The number of rotatable bonds is 3. The molecule has 1 heterocycles. The molecule has 0 aromatic carbocycles. The Balaban J connectivity index is 1.99. The molecular formula is C12H20N2O. The van der Waals surface area contributed by atoms with E-state index in [2.05, 4.69) is 18.9 Å². The maximum absolute atomic E-state index is 11.7. The molecule has 1 aliphatic carbocycles. The quantitative estimate of drug-likeness (QED) is 0.701. The summed E-state index contributed by atoms with van der Waals surface area (Å²) in [5, 5.41) is 6.17. The molecule has 0 unspecified atom stereocenters. The minimum Gasteiger partial charge on any atom is -0.273 e. The van der Waals surface area contributed by atoms with Gasteiger partial charge in [-0.2, -0.15) is 5.10 Å². The number of amides is 1. The van der Waals surface area contributed by atoms with Crippen LogP contribution >= 0.6 is 0 Å². The van der Waals surface area contributed by atoms with Gasteiger partial charge in [-0.1, -0.05) is 26.7 Å². The van der Waals surface area contributed by atoms with Gasteiger partial charge < -0.3 is 0 Å². The van der Waals surface area contributed by atoms with Gasteiger partial charge in [0.05, 0.1) is 12.1 Å². The summed E-state index contributed by atoms with van der Waals surface area (Å²) < 4.78 is 0. The van der Waals surface area contributed by atoms with Crippen LogP contribution in [0.25, 0.3) is 0 Å². The molecule has 2 rings (SSSR count). The van der Waals surface area contributed by atoms with E-state index < -0.39 is 0 Å². The van der Waals surface area contributed by atoms with Gasteiger partial charge in [-0.25, -0.2) is 5.01 Å². The van der Waals surface area contributed by atoms with Crippen LogP contribution in [0.2, 0.25) is 0 Å². The first-order valence-corrected chi connectivity index (χ1v) is 6.04. The Morgan fingerprint density at radius 1 is 1.40 bits per heavy atom. The van der Waals surface area contributed by atoms with Crippen molar-refractivity contribution < 1.29 is 4.79 Å². The normalized spacial score (nSPS) is 23.0. The number of hydrogen-bond acceptors (Lipinski definition) is 2. The van der Waals surface area contributed by atoms with Crippen LogP contribution in [-0.2, 0) is 4.79 Å². The van der Waals surface area contributed by atoms with Crippen LogP contribution in [0.3, 0.4) is 0 Å². The molecule has 3 nitrogen and oxygen atoms in total. The third-order valence-corrected chi connectivity index (χ3v) is 3.23. The summed E-state index contributed by atoms with van der Waals surface area (Å²) >= 11 is 0. The summed E-state index contributed by atoms with van der Waals surface area (Å²) in [4.78, 5) is 11.7. The molecule has 3 heteroatoms. The van der Waals surface area contributed by atoms with E-state index in [0.29, 0.717) is 18.3 Å². The Labute approximate surface area is 91.5 Å². The molecule has 0 N–H and O–H groups in total. The number of carbonyl (C=O) groups is 1. The molecule has 1 fully saturated rings. The predicted molar refractivity (Wildman–Crippen MR) is 60.6 cm³/mol. The second-order valence-corrected chi connectivity index (χ2v) is 5.12. The van der Waals surface area contributed by atoms with Crippen molar-refractivity contribution in [3.8, 4) is 0 Å². The van der Waals surface area contributed by atoms with Crippen LogP contribution < -0.4 is 0 Å². The highest BCUT2D eigenvalue weighted by atomic mass is 16.2. The fourth-order valence-electron chi connectivity index (χ4n) is 2.47. The van der Waals surface area contributed by atoms with Gasteiger partial charge in [-0.15, -0.1) is 0 Å². The fraction of sp³-hybridized carbons (Fsp3) is 0.833. The summed E-state index contributed by atoms with van der Waals surface area (Å²) in [6.45, 7) is 5.02. The molecule has 0 aromatic rings. The van der Waals surface area contributed by atoms with E-state index >= 15 is 0 Å². The van der Waals surface area contributed by atoms with Gasteiger partial charge in [-0.05, 0) is 24.7 Å². The van der Waals surface area contributed by atoms with Crippen molar-refractivity contribution in [1.82, 2.24) is 5.01 Å². The van der Waals surface area contributed by atoms with Crippen molar-refractivity contribution in [1.29, 1.82) is 0 Å². The minimum atomic E-state index is 0.200. The average molecular weight is 208 g/mol. The highest BCUT2D eigenvalue weighted by Crippen LogP contribution is 2.29. The van der Waals surface area contributed by atoms with Crippen LogP contribution in [0, 0.1) is 11.8 Å². The molecular weight excluding hydrogens is 188 g/mol. The molecule has 0 bridgehead atoms. The van der Waals surface area contributed by atoms with Gasteiger partial charge in [0, 0.05) is 6.54 Å². The average Bonchev–Trinajstić information content (AvgIpc) is 2.75. The van der Waals surface area contributed by atoms with Crippen molar-refractivity contribution in [2.75, 3.05) is 6.54 Å². The zero-order chi connectivity index (χ0) is 10.8. The number of carbonyl (C=O) groups excluding carboxylic acids is 1. The first-order valence-electron chi connectivity index (χ1n) is 6.04. The van der Waals surface area contributed by atoms with E-state index in [0.717, 1.165) is 12.3 Å². The number of hydrazone groups is 1. The number of hydrogen-bond donors (Lipinski definition) is 0. The van der Waals surface area contributed by atoms with Crippen LogP contribution in [0.15, 0.2) is 5.10 Å². The molecule has 84 valence electrons. The van der Waals surface area contributed by atoms with E-state index in [1.165, 1.54) is 25.7 Å². The van der Waals surface area contributed by atoms with Gasteiger partial charge in [0.25, 0.3) is 0 Å². The maximum Gasteiger partial charge on any atom is 0.248 e. The van der Waals surface area contributed by atoms with Crippen LogP contribution in [0.5, 0.6) is 0 Å². The third-order valence-electron chi connectivity index (χ3n) is 3.23. The molecule has 1 aliphatic heterocycles. The summed E-state index contributed by atoms with van der Waals surface area (Å²) in [7, 11) is 0. The SMILES string of the molecule is CC(C)CN1N=C(C2CCCC2)CC1=O. The highest BCUT2D eigenvalue weighted by molar-refractivity contribution is 6.06. The Morgan fingerprint density at radius 2 is 2.07 bits per heavy atom. The lowest BCUT2D eigenvalue weighted by Crippen LogP contribution is -2.24. The molecule has 1 amide bonds. The molecule has 0 radical (unpaired) electrons. The Morgan fingerprint density at radius 3 is 2.67 bits per heavy atom.